The molecule has 0 aliphatic heterocycles. The van der Waals surface area contributed by atoms with Gasteiger partial charge in [0.1, 0.15) is 0 Å². The first kappa shape index (κ1) is 22.7. The second-order valence-corrected chi connectivity index (χ2v) is 5.80. The quantitative estimate of drug-likeness (QED) is 0.257. The molecule has 0 aliphatic rings. The van der Waals surface area contributed by atoms with Crippen LogP contribution in [0.2, 0.25) is 0 Å². The van der Waals surface area contributed by atoms with E-state index in [1.165, 1.54) is 42.5 Å². The Morgan fingerprint density at radius 3 is 2.27 bits per heavy atom. The van der Waals surface area contributed by atoms with Gasteiger partial charge in [-0.2, -0.15) is 4.98 Å². The van der Waals surface area contributed by atoms with Gasteiger partial charge in [-0.3, -0.25) is 10.1 Å². The van der Waals surface area contributed by atoms with Crippen LogP contribution in [0, 0.1) is 17.0 Å². The summed E-state index contributed by atoms with van der Waals surface area (Å²) in [6.07, 6.45) is 0. The summed E-state index contributed by atoms with van der Waals surface area (Å²) >= 11 is 0. The molecule has 11 nitrogen and oxygen atoms in total. The fourth-order valence-electron chi connectivity index (χ4n) is 2.93. The number of carbonyl (C=O) groups excluding carboxylic acids is 1. The average Bonchev–Trinajstić information content (AvgIpc) is 2.75. The molecule has 1 aromatic heterocycles. The number of hydrogen-bond donors (Lipinski definition) is 0. The van der Waals surface area contributed by atoms with Crippen molar-refractivity contribution in [3.8, 4) is 34.3 Å². The number of ether oxygens (including phenoxy) is 6. The Morgan fingerprint density at radius 1 is 1.07 bits per heavy atom. The maximum absolute atomic E-state index is 12.2. The molecule has 2 aromatic rings. The number of nitro groups is 1. The second kappa shape index (κ2) is 9.74. The number of carbonyl (C=O) groups is 1. The van der Waals surface area contributed by atoms with Crippen molar-refractivity contribution in [2.45, 2.75) is 6.92 Å². The van der Waals surface area contributed by atoms with E-state index in [4.69, 9.17) is 28.4 Å². The lowest BCUT2D eigenvalue weighted by molar-refractivity contribution is -0.385. The predicted octanol–water partition coefficient (Wildman–Crippen LogP) is 2.76. The lowest BCUT2D eigenvalue weighted by Gasteiger charge is -2.19. The van der Waals surface area contributed by atoms with Gasteiger partial charge in [-0.1, -0.05) is 0 Å². The Morgan fingerprint density at radius 2 is 1.77 bits per heavy atom. The Balaban J connectivity index is 3.01. The molecule has 0 aliphatic carbocycles. The highest BCUT2D eigenvalue weighted by Crippen LogP contribution is 2.49. The minimum Gasteiger partial charge on any atom is -0.493 e. The fraction of sp³-hybridized carbons (Fsp3) is 0.368. The lowest BCUT2D eigenvalue weighted by atomic mass is 9.96. The predicted molar refractivity (Wildman–Crippen MR) is 105 cm³/mol. The molecule has 0 radical (unpaired) electrons. The van der Waals surface area contributed by atoms with Crippen molar-refractivity contribution in [2.24, 2.45) is 0 Å². The molecule has 1 aromatic carbocycles. The maximum atomic E-state index is 12.2. The summed E-state index contributed by atoms with van der Waals surface area (Å²) in [6.45, 7) is 1.34. The molecule has 11 heteroatoms. The van der Waals surface area contributed by atoms with E-state index in [2.05, 4.69) is 4.98 Å². The van der Waals surface area contributed by atoms with Crippen molar-refractivity contribution in [3.63, 3.8) is 0 Å². The minimum atomic E-state index is -0.776. The lowest BCUT2D eigenvalue weighted by Crippen LogP contribution is -2.12. The van der Waals surface area contributed by atoms with E-state index in [1.807, 2.05) is 0 Å². The first-order chi connectivity index (χ1) is 14.4. The van der Waals surface area contributed by atoms with Gasteiger partial charge in [0.15, 0.2) is 24.0 Å². The van der Waals surface area contributed by atoms with Crippen molar-refractivity contribution in [3.05, 3.63) is 33.5 Å². The smallest absolute Gasteiger partial charge is 0.357 e. The van der Waals surface area contributed by atoms with Crippen molar-refractivity contribution in [2.75, 3.05) is 42.3 Å². The Kier molecular flexibility index (Phi) is 7.37. The summed E-state index contributed by atoms with van der Waals surface area (Å²) in [6, 6.07) is 3.10. The molecule has 162 valence electrons. The van der Waals surface area contributed by atoms with E-state index >= 15 is 0 Å². The molecule has 0 N–H and O–H groups in total. The summed E-state index contributed by atoms with van der Waals surface area (Å²) in [5.41, 5.74) is -0.0811. The van der Waals surface area contributed by atoms with Gasteiger partial charge in [0.05, 0.1) is 38.9 Å². The number of methoxy groups -OCH3 is 5. The van der Waals surface area contributed by atoms with Crippen LogP contribution in [-0.4, -0.2) is 58.2 Å². The van der Waals surface area contributed by atoms with Gasteiger partial charge >= 0.3 is 11.7 Å². The maximum Gasteiger partial charge on any atom is 0.357 e. The van der Waals surface area contributed by atoms with Gasteiger partial charge in [-0.05, 0) is 24.6 Å². The molecule has 0 fully saturated rings. The monoisotopic (exact) mass is 422 g/mol. The van der Waals surface area contributed by atoms with Crippen LogP contribution >= 0.6 is 0 Å². The first-order valence-corrected chi connectivity index (χ1v) is 8.54. The number of esters is 1. The average molecular weight is 422 g/mol. The highest BCUT2D eigenvalue weighted by molar-refractivity contribution is 5.95. The van der Waals surface area contributed by atoms with Crippen LogP contribution in [0.25, 0.3) is 11.1 Å². The Hall–Kier alpha value is -3.60. The van der Waals surface area contributed by atoms with Gasteiger partial charge in [0, 0.05) is 12.7 Å². The van der Waals surface area contributed by atoms with Crippen molar-refractivity contribution >= 4 is 11.7 Å². The van der Waals surface area contributed by atoms with Crippen molar-refractivity contribution < 1.29 is 38.1 Å². The van der Waals surface area contributed by atoms with E-state index in [-0.39, 0.29) is 46.6 Å². The molecule has 0 saturated heterocycles. The zero-order valence-corrected chi connectivity index (χ0v) is 17.4. The normalized spacial score (nSPS) is 10.3. The zero-order chi connectivity index (χ0) is 22.4. The summed E-state index contributed by atoms with van der Waals surface area (Å²) < 4.78 is 31.2. The first-order valence-electron chi connectivity index (χ1n) is 8.54. The van der Waals surface area contributed by atoms with Gasteiger partial charge in [-0.15, -0.1) is 0 Å². The highest BCUT2D eigenvalue weighted by atomic mass is 16.7. The molecule has 0 amide bonds. The van der Waals surface area contributed by atoms with E-state index < -0.39 is 16.6 Å². The van der Waals surface area contributed by atoms with Crippen LogP contribution in [0.5, 0.6) is 23.1 Å². The van der Waals surface area contributed by atoms with Gasteiger partial charge in [0.2, 0.25) is 5.75 Å². The molecule has 0 spiro atoms. The van der Waals surface area contributed by atoms with Crippen LogP contribution in [-0.2, 0) is 9.47 Å². The zero-order valence-electron chi connectivity index (χ0n) is 17.4. The SMILES string of the molecule is COCOc1c(-c2c(C)c(C(=O)OC)nc(OC)c2[N+](=O)[O-])ccc(OC)c1OC. The van der Waals surface area contributed by atoms with Crippen molar-refractivity contribution in [1.82, 2.24) is 4.98 Å². The molecule has 1 heterocycles. The summed E-state index contributed by atoms with van der Waals surface area (Å²) in [7, 11) is 6.66. The second-order valence-electron chi connectivity index (χ2n) is 5.80. The van der Waals surface area contributed by atoms with Crippen LogP contribution in [0.4, 0.5) is 5.69 Å². The summed E-state index contributed by atoms with van der Waals surface area (Å²) in [5.74, 6) is -0.484. The third kappa shape index (κ3) is 4.06. The number of rotatable bonds is 9. The van der Waals surface area contributed by atoms with E-state index in [0.717, 1.165) is 0 Å². The van der Waals surface area contributed by atoms with Gasteiger partial charge in [-0.25, -0.2) is 4.79 Å². The molecular weight excluding hydrogens is 400 g/mol. The van der Waals surface area contributed by atoms with E-state index in [1.54, 1.807) is 12.1 Å². The number of nitrogens with zero attached hydrogens (tertiary/aromatic N) is 2. The van der Waals surface area contributed by atoms with E-state index in [9.17, 15) is 14.9 Å². The van der Waals surface area contributed by atoms with E-state index in [0.29, 0.717) is 5.75 Å². The Bertz CT molecular complexity index is 960. The summed E-state index contributed by atoms with van der Waals surface area (Å²) in [5, 5.41) is 11.9. The molecule has 0 bridgehead atoms. The van der Waals surface area contributed by atoms with Crippen molar-refractivity contribution in [1.29, 1.82) is 0 Å². The highest BCUT2D eigenvalue weighted by Gasteiger charge is 2.33. The Labute approximate surface area is 172 Å². The van der Waals surface area contributed by atoms with Gasteiger partial charge < -0.3 is 28.4 Å². The summed E-state index contributed by atoms with van der Waals surface area (Å²) in [4.78, 5) is 27.5. The number of pyridine rings is 1. The molecular formula is C19H22N2O9. The topological polar surface area (TPSA) is 128 Å². The van der Waals surface area contributed by atoms with Crippen LogP contribution in [0.3, 0.4) is 0 Å². The molecule has 0 atom stereocenters. The number of benzene rings is 1. The van der Waals surface area contributed by atoms with Crippen LogP contribution in [0.15, 0.2) is 12.1 Å². The fourth-order valence-corrected chi connectivity index (χ4v) is 2.93. The number of aromatic nitrogens is 1. The van der Waals surface area contributed by atoms with Crippen LogP contribution in [0.1, 0.15) is 16.1 Å². The van der Waals surface area contributed by atoms with Gasteiger partial charge in [0.25, 0.3) is 5.88 Å². The standard InChI is InChI=1S/C19H22N2O9/c1-10-13(15(21(23)24)18(28-5)20-14(10)19(22)29-6)11-7-8-12(26-3)17(27-4)16(11)30-9-25-2/h7-8H,9H2,1-6H3. The largest absolute Gasteiger partial charge is 0.493 e. The molecule has 0 saturated carbocycles. The third-order valence-electron chi connectivity index (χ3n) is 4.23. The number of hydrogen-bond acceptors (Lipinski definition) is 10. The molecule has 2 rings (SSSR count). The molecule has 0 unspecified atom stereocenters. The molecule has 30 heavy (non-hydrogen) atoms. The third-order valence-corrected chi connectivity index (χ3v) is 4.23. The van der Waals surface area contributed by atoms with Crippen LogP contribution < -0.4 is 18.9 Å². The minimum absolute atomic E-state index is 0.0549.